The van der Waals surface area contributed by atoms with Crippen molar-refractivity contribution in [2.24, 2.45) is 5.92 Å². The standard InChI is InChI=1S/C19H23N3O3/c1-13(8-9-15-6-4-3-5-7-15)20-18(23)16-11-22(12-16)19(24)17-10-14(2)25-21-17/h3-7,10,13,16H,8-9,11-12H2,1-2H3,(H,20,23). The topological polar surface area (TPSA) is 75.4 Å². The van der Waals surface area contributed by atoms with Crippen LogP contribution >= 0.6 is 0 Å². The number of rotatable bonds is 6. The van der Waals surface area contributed by atoms with Crippen LogP contribution in [0.25, 0.3) is 0 Å². The van der Waals surface area contributed by atoms with E-state index in [0.717, 1.165) is 12.8 Å². The van der Waals surface area contributed by atoms with E-state index in [4.69, 9.17) is 4.52 Å². The monoisotopic (exact) mass is 341 g/mol. The lowest BCUT2D eigenvalue weighted by Gasteiger charge is -2.38. The first kappa shape index (κ1) is 17.2. The number of benzene rings is 1. The SMILES string of the molecule is Cc1cc(C(=O)N2CC(C(=O)NC(C)CCc3ccccc3)C2)no1. The minimum Gasteiger partial charge on any atom is -0.361 e. The van der Waals surface area contributed by atoms with Crippen molar-refractivity contribution in [1.82, 2.24) is 15.4 Å². The molecular weight excluding hydrogens is 318 g/mol. The predicted octanol–water partition coefficient (Wildman–Crippen LogP) is 2.19. The molecule has 0 saturated carbocycles. The van der Waals surface area contributed by atoms with E-state index < -0.39 is 0 Å². The van der Waals surface area contributed by atoms with E-state index in [9.17, 15) is 9.59 Å². The Hall–Kier alpha value is -2.63. The molecule has 6 nitrogen and oxygen atoms in total. The molecule has 25 heavy (non-hydrogen) atoms. The molecule has 1 atom stereocenters. The van der Waals surface area contributed by atoms with Crippen molar-refractivity contribution in [3.05, 3.63) is 53.4 Å². The summed E-state index contributed by atoms with van der Waals surface area (Å²) in [6.07, 6.45) is 1.83. The van der Waals surface area contributed by atoms with E-state index in [1.807, 2.05) is 25.1 Å². The molecule has 1 unspecified atom stereocenters. The second-order valence-electron chi connectivity index (χ2n) is 6.66. The van der Waals surface area contributed by atoms with Crippen LogP contribution in [-0.2, 0) is 11.2 Å². The van der Waals surface area contributed by atoms with E-state index >= 15 is 0 Å². The van der Waals surface area contributed by atoms with Gasteiger partial charge in [0.2, 0.25) is 5.91 Å². The maximum Gasteiger partial charge on any atom is 0.276 e. The number of likely N-dealkylation sites (tertiary alicyclic amines) is 1. The van der Waals surface area contributed by atoms with E-state index in [1.54, 1.807) is 17.9 Å². The maximum absolute atomic E-state index is 12.3. The molecular formula is C19H23N3O3. The summed E-state index contributed by atoms with van der Waals surface area (Å²) in [5.74, 6) is 0.292. The molecule has 6 heteroatoms. The van der Waals surface area contributed by atoms with Crippen LogP contribution in [0.3, 0.4) is 0 Å². The van der Waals surface area contributed by atoms with E-state index in [2.05, 4.69) is 22.6 Å². The summed E-state index contributed by atoms with van der Waals surface area (Å²) in [7, 11) is 0. The zero-order valence-electron chi connectivity index (χ0n) is 14.6. The molecule has 0 radical (unpaired) electrons. The van der Waals surface area contributed by atoms with Crippen LogP contribution in [-0.4, -0.2) is 41.0 Å². The lowest BCUT2D eigenvalue weighted by molar-refractivity contribution is -0.129. The second kappa shape index (κ2) is 7.51. The highest BCUT2D eigenvalue weighted by Gasteiger charge is 2.37. The number of hydrogen-bond acceptors (Lipinski definition) is 4. The summed E-state index contributed by atoms with van der Waals surface area (Å²) in [5, 5.41) is 6.77. The smallest absolute Gasteiger partial charge is 0.276 e. The molecule has 0 spiro atoms. The van der Waals surface area contributed by atoms with Crippen molar-refractivity contribution in [3.8, 4) is 0 Å². The molecule has 0 aliphatic carbocycles. The molecule has 2 aromatic rings. The van der Waals surface area contributed by atoms with Gasteiger partial charge in [0, 0.05) is 25.2 Å². The van der Waals surface area contributed by atoms with Crippen LogP contribution in [0.15, 0.2) is 40.9 Å². The van der Waals surface area contributed by atoms with Gasteiger partial charge in [0.15, 0.2) is 5.69 Å². The van der Waals surface area contributed by atoms with Gasteiger partial charge in [-0.1, -0.05) is 35.5 Å². The van der Waals surface area contributed by atoms with Crippen LogP contribution in [0.5, 0.6) is 0 Å². The summed E-state index contributed by atoms with van der Waals surface area (Å²) >= 11 is 0. The fourth-order valence-electron chi connectivity index (χ4n) is 2.90. The van der Waals surface area contributed by atoms with Crippen molar-refractivity contribution in [3.63, 3.8) is 0 Å². The highest BCUT2D eigenvalue weighted by atomic mass is 16.5. The van der Waals surface area contributed by atoms with Gasteiger partial charge in [-0.2, -0.15) is 0 Å². The molecule has 1 aliphatic heterocycles. The Labute approximate surface area is 147 Å². The summed E-state index contributed by atoms with van der Waals surface area (Å²) in [6.45, 7) is 4.62. The maximum atomic E-state index is 12.3. The lowest BCUT2D eigenvalue weighted by atomic mass is 9.97. The van der Waals surface area contributed by atoms with Gasteiger partial charge in [0.25, 0.3) is 5.91 Å². The summed E-state index contributed by atoms with van der Waals surface area (Å²) in [5.41, 5.74) is 1.57. The summed E-state index contributed by atoms with van der Waals surface area (Å²) < 4.78 is 4.92. The number of nitrogens with one attached hydrogen (secondary N) is 1. The van der Waals surface area contributed by atoms with Crippen LogP contribution in [0.4, 0.5) is 0 Å². The van der Waals surface area contributed by atoms with Crippen molar-refractivity contribution in [2.45, 2.75) is 32.7 Å². The Bertz CT molecular complexity index is 735. The average Bonchev–Trinajstić information content (AvgIpc) is 2.99. The number of nitrogens with zero attached hydrogens (tertiary/aromatic N) is 2. The van der Waals surface area contributed by atoms with Crippen LogP contribution < -0.4 is 5.32 Å². The Morgan fingerprint density at radius 1 is 1.32 bits per heavy atom. The third-order valence-corrected chi connectivity index (χ3v) is 4.48. The van der Waals surface area contributed by atoms with E-state index in [1.165, 1.54) is 5.56 Å². The lowest BCUT2D eigenvalue weighted by Crippen LogP contribution is -2.56. The second-order valence-corrected chi connectivity index (χ2v) is 6.66. The van der Waals surface area contributed by atoms with E-state index in [-0.39, 0.29) is 23.8 Å². The number of carbonyl (C=O) groups excluding carboxylic acids is 2. The van der Waals surface area contributed by atoms with Gasteiger partial charge in [-0.3, -0.25) is 9.59 Å². The van der Waals surface area contributed by atoms with Crippen molar-refractivity contribution in [2.75, 3.05) is 13.1 Å². The van der Waals surface area contributed by atoms with Crippen molar-refractivity contribution < 1.29 is 14.1 Å². The molecule has 1 saturated heterocycles. The molecule has 2 heterocycles. The molecule has 1 fully saturated rings. The molecule has 1 aromatic heterocycles. The zero-order valence-corrected chi connectivity index (χ0v) is 14.6. The van der Waals surface area contributed by atoms with Gasteiger partial charge in [-0.25, -0.2) is 0 Å². The van der Waals surface area contributed by atoms with Crippen molar-refractivity contribution in [1.29, 1.82) is 0 Å². The van der Waals surface area contributed by atoms with Crippen molar-refractivity contribution >= 4 is 11.8 Å². The Morgan fingerprint density at radius 2 is 2.04 bits per heavy atom. The van der Waals surface area contributed by atoms with Crippen LogP contribution in [0.2, 0.25) is 0 Å². The minimum absolute atomic E-state index is 0.0148. The van der Waals surface area contributed by atoms with Gasteiger partial charge in [0.1, 0.15) is 5.76 Å². The molecule has 2 amide bonds. The van der Waals surface area contributed by atoms with Crippen LogP contribution in [0, 0.1) is 12.8 Å². The first-order valence-electron chi connectivity index (χ1n) is 8.60. The normalized spacial score (nSPS) is 15.5. The molecule has 1 N–H and O–H groups in total. The van der Waals surface area contributed by atoms with Gasteiger partial charge in [0.05, 0.1) is 5.92 Å². The van der Waals surface area contributed by atoms with Crippen LogP contribution in [0.1, 0.15) is 35.2 Å². The first-order chi connectivity index (χ1) is 12.0. The summed E-state index contributed by atoms with van der Waals surface area (Å²) in [4.78, 5) is 26.1. The van der Waals surface area contributed by atoms with Gasteiger partial charge in [-0.05, 0) is 32.3 Å². The third-order valence-electron chi connectivity index (χ3n) is 4.48. The summed E-state index contributed by atoms with van der Waals surface area (Å²) in [6, 6.07) is 11.9. The fourth-order valence-corrected chi connectivity index (χ4v) is 2.90. The average molecular weight is 341 g/mol. The largest absolute Gasteiger partial charge is 0.361 e. The number of carbonyl (C=O) groups is 2. The Morgan fingerprint density at radius 3 is 2.68 bits per heavy atom. The number of aryl methyl sites for hydroxylation is 2. The zero-order chi connectivity index (χ0) is 17.8. The predicted molar refractivity (Wildman–Crippen MR) is 93.0 cm³/mol. The van der Waals surface area contributed by atoms with Gasteiger partial charge < -0.3 is 14.7 Å². The molecule has 132 valence electrons. The first-order valence-corrected chi connectivity index (χ1v) is 8.60. The minimum atomic E-state index is -0.182. The van der Waals surface area contributed by atoms with E-state index in [0.29, 0.717) is 24.5 Å². The van der Waals surface area contributed by atoms with Gasteiger partial charge >= 0.3 is 0 Å². The number of hydrogen-bond donors (Lipinski definition) is 1. The molecule has 1 aromatic carbocycles. The quantitative estimate of drug-likeness (QED) is 0.874. The molecule has 0 bridgehead atoms. The van der Waals surface area contributed by atoms with Gasteiger partial charge in [-0.15, -0.1) is 0 Å². The third kappa shape index (κ3) is 4.26. The highest BCUT2D eigenvalue weighted by molar-refractivity contribution is 5.94. The number of aromatic nitrogens is 1. The highest BCUT2D eigenvalue weighted by Crippen LogP contribution is 2.19. The fraction of sp³-hybridized carbons (Fsp3) is 0.421. The Kier molecular flexibility index (Phi) is 5.16. The molecule has 1 aliphatic rings. The molecule has 3 rings (SSSR count). The Balaban J connectivity index is 1.40. The number of amides is 2.